The number of rotatable bonds is 5. The molecule has 2 aromatic carbocycles. The van der Waals surface area contributed by atoms with Gasteiger partial charge in [0.2, 0.25) is 0 Å². The van der Waals surface area contributed by atoms with Crippen molar-refractivity contribution in [2.75, 3.05) is 4.72 Å². The van der Waals surface area contributed by atoms with Crippen LogP contribution in [0.2, 0.25) is 0 Å². The van der Waals surface area contributed by atoms with Crippen LogP contribution in [-0.2, 0) is 26.9 Å². The van der Waals surface area contributed by atoms with Gasteiger partial charge in [0.1, 0.15) is 0 Å². The molecule has 0 amide bonds. The first kappa shape index (κ1) is 15.7. The Kier molecular flexibility index (Phi) is 4.16. The first-order valence-corrected chi connectivity index (χ1v) is 9.33. The number of fused-ring (bicyclic) bond motifs is 1. The van der Waals surface area contributed by atoms with Gasteiger partial charge in [0.05, 0.1) is 22.4 Å². The SMILES string of the molecule is O=S(O)Cc1ccccc1S(=O)(=O)Nc1ccc2[nH]ncc2c1. The Morgan fingerprint density at radius 3 is 2.78 bits per heavy atom. The Bertz CT molecular complexity index is 982. The van der Waals surface area contributed by atoms with E-state index in [9.17, 15) is 12.6 Å². The van der Waals surface area contributed by atoms with E-state index < -0.39 is 21.1 Å². The molecule has 1 atom stereocenters. The summed E-state index contributed by atoms with van der Waals surface area (Å²) in [5.41, 5.74) is 1.47. The number of benzene rings is 2. The van der Waals surface area contributed by atoms with Crippen molar-refractivity contribution in [2.45, 2.75) is 10.6 Å². The third-order valence-electron chi connectivity index (χ3n) is 3.23. The molecule has 9 heteroatoms. The van der Waals surface area contributed by atoms with E-state index in [1.165, 1.54) is 12.1 Å². The number of H-pyrrole nitrogens is 1. The zero-order valence-electron chi connectivity index (χ0n) is 11.8. The second kappa shape index (κ2) is 6.11. The Morgan fingerprint density at radius 1 is 1.22 bits per heavy atom. The molecule has 1 aromatic heterocycles. The van der Waals surface area contributed by atoms with Gasteiger partial charge in [-0.05, 0) is 29.8 Å². The number of hydrogen-bond donors (Lipinski definition) is 3. The second-order valence-electron chi connectivity index (χ2n) is 4.85. The molecule has 3 rings (SSSR count). The van der Waals surface area contributed by atoms with Crippen LogP contribution in [0, 0.1) is 0 Å². The van der Waals surface area contributed by atoms with Crippen LogP contribution in [0.25, 0.3) is 10.9 Å². The number of sulfonamides is 1. The highest BCUT2D eigenvalue weighted by Gasteiger charge is 2.19. The highest BCUT2D eigenvalue weighted by molar-refractivity contribution is 7.92. The van der Waals surface area contributed by atoms with E-state index in [-0.39, 0.29) is 16.2 Å². The first-order chi connectivity index (χ1) is 11.0. The number of aromatic amines is 1. The molecule has 0 aliphatic heterocycles. The summed E-state index contributed by atoms with van der Waals surface area (Å²) in [4.78, 5) is -0.0188. The molecule has 0 spiro atoms. The minimum absolute atomic E-state index is 0.0188. The number of hydrogen-bond acceptors (Lipinski definition) is 4. The number of anilines is 1. The van der Waals surface area contributed by atoms with Crippen LogP contribution in [0.15, 0.2) is 53.6 Å². The molecule has 0 radical (unpaired) electrons. The van der Waals surface area contributed by atoms with E-state index in [0.717, 1.165) is 10.9 Å². The number of nitrogens with one attached hydrogen (secondary N) is 2. The summed E-state index contributed by atoms with van der Waals surface area (Å²) in [6.07, 6.45) is 1.59. The summed E-state index contributed by atoms with van der Waals surface area (Å²) < 4.78 is 47.6. The lowest BCUT2D eigenvalue weighted by atomic mass is 10.2. The van der Waals surface area contributed by atoms with Crippen molar-refractivity contribution in [1.29, 1.82) is 0 Å². The average molecular weight is 351 g/mol. The fourth-order valence-corrected chi connectivity index (χ4v) is 4.13. The van der Waals surface area contributed by atoms with Gasteiger partial charge in [-0.2, -0.15) is 5.10 Å². The molecule has 0 aliphatic rings. The van der Waals surface area contributed by atoms with Crippen LogP contribution in [0.3, 0.4) is 0 Å². The van der Waals surface area contributed by atoms with Crippen molar-refractivity contribution < 1.29 is 17.2 Å². The quantitative estimate of drug-likeness (QED) is 0.609. The summed E-state index contributed by atoms with van der Waals surface area (Å²) in [5.74, 6) is -0.252. The average Bonchev–Trinajstić information content (AvgIpc) is 2.94. The third-order valence-corrected chi connectivity index (χ3v) is 5.27. The van der Waals surface area contributed by atoms with E-state index in [4.69, 9.17) is 4.55 Å². The third kappa shape index (κ3) is 3.41. The summed E-state index contributed by atoms with van der Waals surface area (Å²) >= 11 is -2.13. The summed E-state index contributed by atoms with van der Waals surface area (Å²) in [7, 11) is -3.87. The van der Waals surface area contributed by atoms with Crippen LogP contribution in [-0.4, -0.2) is 27.4 Å². The Morgan fingerprint density at radius 2 is 2.00 bits per heavy atom. The summed E-state index contributed by atoms with van der Waals surface area (Å²) in [6, 6.07) is 11.1. The number of nitrogens with zero attached hydrogens (tertiary/aromatic N) is 1. The monoisotopic (exact) mass is 351 g/mol. The molecule has 0 bridgehead atoms. The van der Waals surface area contributed by atoms with Crippen LogP contribution in [0.1, 0.15) is 5.56 Å². The van der Waals surface area contributed by atoms with Gasteiger partial charge in [0.15, 0.2) is 11.1 Å². The molecule has 0 saturated heterocycles. The van der Waals surface area contributed by atoms with E-state index >= 15 is 0 Å². The lowest BCUT2D eigenvalue weighted by molar-refractivity contribution is 0.563. The van der Waals surface area contributed by atoms with Gasteiger partial charge in [-0.15, -0.1) is 0 Å². The minimum atomic E-state index is -3.87. The van der Waals surface area contributed by atoms with Crippen LogP contribution in [0.5, 0.6) is 0 Å². The van der Waals surface area contributed by atoms with Gasteiger partial charge in [-0.25, -0.2) is 12.6 Å². The van der Waals surface area contributed by atoms with E-state index in [1.807, 2.05) is 0 Å². The van der Waals surface area contributed by atoms with Gasteiger partial charge in [-0.3, -0.25) is 9.82 Å². The molecule has 0 fully saturated rings. The molecule has 23 heavy (non-hydrogen) atoms. The Hall–Kier alpha value is -2.23. The van der Waals surface area contributed by atoms with Gasteiger partial charge in [0, 0.05) is 11.1 Å². The molecule has 1 heterocycles. The summed E-state index contributed by atoms with van der Waals surface area (Å²) in [6.45, 7) is 0. The lowest BCUT2D eigenvalue weighted by Crippen LogP contribution is -2.15. The van der Waals surface area contributed by atoms with E-state index in [1.54, 1.807) is 36.5 Å². The maximum absolute atomic E-state index is 12.6. The Balaban J connectivity index is 1.96. The van der Waals surface area contributed by atoms with Crippen LogP contribution >= 0.6 is 0 Å². The van der Waals surface area contributed by atoms with Gasteiger partial charge >= 0.3 is 0 Å². The lowest BCUT2D eigenvalue weighted by Gasteiger charge is -2.11. The smallest absolute Gasteiger partial charge is 0.262 e. The van der Waals surface area contributed by atoms with Crippen molar-refractivity contribution >= 4 is 37.7 Å². The molecule has 3 aromatic rings. The van der Waals surface area contributed by atoms with Crippen LogP contribution in [0.4, 0.5) is 5.69 Å². The van der Waals surface area contributed by atoms with Crippen LogP contribution < -0.4 is 4.72 Å². The molecule has 120 valence electrons. The van der Waals surface area contributed by atoms with Gasteiger partial charge in [0.25, 0.3) is 10.0 Å². The van der Waals surface area contributed by atoms with Crippen molar-refractivity contribution in [3.05, 3.63) is 54.2 Å². The summed E-state index contributed by atoms with van der Waals surface area (Å²) in [5, 5.41) is 7.44. The van der Waals surface area contributed by atoms with Crippen molar-refractivity contribution in [3.63, 3.8) is 0 Å². The first-order valence-electron chi connectivity index (χ1n) is 6.57. The normalized spacial score (nSPS) is 13.1. The zero-order valence-corrected chi connectivity index (χ0v) is 13.4. The maximum atomic E-state index is 12.6. The molecule has 3 N–H and O–H groups in total. The van der Waals surface area contributed by atoms with E-state index in [2.05, 4.69) is 14.9 Å². The minimum Gasteiger partial charge on any atom is -0.306 e. The van der Waals surface area contributed by atoms with Gasteiger partial charge < -0.3 is 4.55 Å². The fraction of sp³-hybridized carbons (Fsp3) is 0.0714. The van der Waals surface area contributed by atoms with Crippen molar-refractivity contribution in [2.24, 2.45) is 0 Å². The van der Waals surface area contributed by atoms with Crippen molar-refractivity contribution in [1.82, 2.24) is 10.2 Å². The molecule has 0 aliphatic carbocycles. The highest BCUT2D eigenvalue weighted by atomic mass is 32.2. The zero-order chi connectivity index (χ0) is 16.4. The largest absolute Gasteiger partial charge is 0.306 e. The van der Waals surface area contributed by atoms with E-state index in [0.29, 0.717) is 5.69 Å². The highest BCUT2D eigenvalue weighted by Crippen LogP contribution is 2.23. The predicted octanol–water partition coefficient (Wildman–Crippen LogP) is 2.09. The molecule has 7 nitrogen and oxygen atoms in total. The molecule has 0 saturated carbocycles. The fourth-order valence-electron chi connectivity index (χ4n) is 2.23. The predicted molar refractivity (Wildman–Crippen MR) is 87.8 cm³/mol. The molecular weight excluding hydrogens is 338 g/mol. The molecular formula is C14H13N3O4S2. The van der Waals surface area contributed by atoms with Gasteiger partial charge in [-0.1, -0.05) is 18.2 Å². The Labute approximate surface area is 135 Å². The second-order valence-corrected chi connectivity index (χ2v) is 7.43. The topological polar surface area (TPSA) is 112 Å². The molecule has 1 unspecified atom stereocenters. The maximum Gasteiger partial charge on any atom is 0.262 e. The van der Waals surface area contributed by atoms with Crippen molar-refractivity contribution in [3.8, 4) is 0 Å². The number of aromatic nitrogens is 2. The standard InChI is InChI=1S/C14H13N3O4S2/c18-22(19)9-10-3-1-2-4-14(10)23(20,21)17-12-5-6-13-11(7-12)8-15-16-13/h1-8,17H,9H2,(H,15,16)(H,18,19).